The molecule has 0 amide bonds. The Labute approximate surface area is 182 Å². The number of hydrogen-bond acceptors (Lipinski definition) is 4. The fraction of sp³-hybridized carbons (Fsp3) is 0.346. The van der Waals surface area contributed by atoms with Crippen LogP contribution in [-0.4, -0.2) is 28.1 Å². The smallest absolute Gasteiger partial charge is 0.124 e. The monoisotopic (exact) mass is 418 g/mol. The molecule has 1 saturated carbocycles. The van der Waals surface area contributed by atoms with Crippen LogP contribution in [-0.2, 0) is 18.8 Å². The van der Waals surface area contributed by atoms with E-state index in [1.165, 1.54) is 12.1 Å². The van der Waals surface area contributed by atoms with Crippen LogP contribution in [0.4, 0.5) is 4.39 Å². The molecule has 1 aliphatic carbocycles. The second kappa shape index (κ2) is 8.40. The molecule has 2 heterocycles. The van der Waals surface area contributed by atoms with Crippen molar-refractivity contribution < 1.29 is 14.2 Å². The van der Waals surface area contributed by atoms with Gasteiger partial charge in [-0.3, -0.25) is 9.88 Å². The molecule has 3 aromatic rings. The van der Waals surface area contributed by atoms with Crippen molar-refractivity contribution in [3.63, 3.8) is 0 Å². The molecule has 160 valence electrons. The minimum absolute atomic E-state index is 0.197. The molecule has 31 heavy (non-hydrogen) atoms. The summed E-state index contributed by atoms with van der Waals surface area (Å²) in [6.07, 6.45) is 3.56. The SMILES string of the molecule is O[C@@]1(c2ccccn2)CC[C@H]2CN(Cc3ccccc3OCc3cccc(F)c3)C[C@H]21. The lowest BCUT2D eigenvalue weighted by atomic mass is 9.85. The quantitative estimate of drug-likeness (QED) is 0.639. The summed E-state index contributed by atoms with van der Waals surface area (Å²) >= 11 is 0. The van der Waals surface area contributed by atoms with E-state index < -0.39 is 5.60 Å². The Morgan fingerprint density at radius 3 is 2.77 bits per heavy atom. The van der Waals surface area contributed by atoms with E-state index in [2.05, 4.69) is 16.0 Å². The molecule has 0 unspecified atom stereocenters. The minimum Gasteiger partial charge on any atom is -0.489 e. The topological polar surface area (TPSA) is 45.6 Å². The van der Waals surface area contributed by atoms with E-state index in [9.17, 15) is 9.50 Å². The Morgan fingerprint density at radius 2 is 1.94 bits per heavy atom. The predicted octanol–water partition coefficient (Wildman–Crippen LogP) is 4.53. The zero-order valence-electron chi connectivity index (χ0n) is 17.5. The van der Waals surface area contributed by atoms with Crippen LogP contribution in [0.1, 0.15) is 29.7 Å². The van der Waals surface area contributed by atoms with Crippen LogP contribution < -0.4 is 4.74 Å². The van der Waals surface area contributed by atoms with Crippen LogP contribution in [0.25, 0.3) is 0 Å². The van der Waals surface area contributed by atoms with E-state index in [1.807, 2.05) is 42.5 Å². The van der Waals surface area contributed by atoms with Gasteiger partial charge in [-0.1, -0.05) is 36.4 Å². The Balaban J connectivity index is 1.27. The number of halogens is 1. The molecule has 3 atom stereocenters. The van der Waals surface area contributed by atoms with Crippen molar-refractivity contribution in [2.75, 3.05) is 13.1 Å². The van der Waals surface area contributed by atoms with Crippen LogP contribution in [0.3, 0.4) is 0 Å². The van der Waals surface area contributed by atoms with Crippen molar-refractivity contribution in [1.29, 1.82) is 0 Å². The van der Waals surface area contributed by atoms with E-state index in [4.69, 9.17) is 4.74 Å². The Morgan fingerprint density at radius 1 is 1.06 bits per heavy atom. The van der Waals surface area contributed by atoms with E-state index in [1.54, 1.807) is 12.3 Å². The molecule has 2 fully saturated rings. The maximum absolute atomic E-state index is 13.5. The van der Waals surface area contributed by atoms with Crippen LogP contribution in [0, 0.1) is 17.7 Å². The molecule has 1 saturated heterocycles. The second-order valence-electron chi connectivity index (χ2n) is 8.76. The molecule has 4 nitrogen and oxygen atoms in total. The normalized spacial score (nSPS) is 25.5. The number of hydrogen-bond donors (Lipinski definition) is 1. The van der Waals surface area contributed by atoms with Gasteiger partial charge in [-0.15, -0.1) is 0 Å². The zero-order chi connectivity index (χ0) is 21.3. The lowest BCUT2D eigenvalue weighted by molar-refractivity contribution is -0.0108. The highest BCUT2D eigenvalue weighted by Crippen LogP contribution is 2.50. The van der Waals surface area contributed by atoms with Gasteiger partial charge in [0.15, 0.2) is 0 Å². The third-order valence-electron chi connectivity index (χ3n) is 6.78. The number of aliphatic hydroxyl groups is 1. The largest absolute Gasteiger partial charge is 0.489 e. The van der Waals surface area contributed by atoms with Crippen molar-refractivity contribution in [3.05, 3.63) is 95.6 Å². The number of ether oxygens (including phenoxy) is 1. The molecule has 1 aliphatic heterocycles. The van der Waals surface area contributed by atoms with Crippen molar-refractivity contribution in [2.45, 2.75) is 31.6 Å². The number of aromatic nitrogens is 1. The van der Waals surface area contributed by atoms with Gasteiger partial charge in [-0.2, -0.15) is 0 Å². The van der Waals surface area contributed by atoms with Crippen molar-refractivity contribution in [3.8, 4) is 5.75 Å². The number of fused-ring (bicyclic) bond motifs is 1. The first kappa shape index (κ1) is 20.2. The summed E-state index contributed by atoms with van der Waals surface area (Å²) in [6, 6.07) is 20.3. The van der Waals surface area contributed by atoms with E-state index in [0.717, 1.165) is 55.0 Å². The molecule has 0 bridgehead atoms. The zero-order valence-corrected chi connectivity index (χ0v) is 17.5. The summed E-state index contributed by atoms with van der Waals surface area (Å²) in [7, 11) is 0. The van der Waals surface area contributed by atoms with Gasteiger partial charge in [0.2, 0.25) is 0 Å². The second-order valence-corrected chi connectivity index (χ2v) is 8.76. The molecule has 2 aromatic carbocycles. The Bertz CT molecular complexity index is 1040. The summed E-state index contributed by atoms with van der Waals surface area (Å²) in [6.45, 7) is 2.91. The third kappa shape index (κ3) is 4.08. The predicted molar refractivity (Wildman–Crippen MR) is 117 cm³/mol. The number of likely N-dealkylation sites (tertiary alicyclic amines) is 1. The van der Waals surface area contributed by atoms with E-state index in [0.29, 0.717) is 12.5 Å². The summed E-state index contributed by atoms with van der Waals surface area (Å²) in [5.74, 6) is 1.25. The fourth-order valence-corrected chi connectivity index (χ4v) is 5.25. The molecule has 5 heteroatoms. The summed E-state index contributed by atoms with van der Waals surface area (Å²) < 4.78 is 19.5. The van der Waals surface area contributed by atoms with Crippen LogP contribution >= 0.6 is 0 Å². The first-order valence-corrected chi connectivity index (χ1v) is 10.9. The van der Waals surface area contributed by atoms with Crippen molar-refractivity contribution >= 4 is 0 Å². The Kier molecular flexibility index (Phi) is 5.47. The van der Waals surface area contributed by atoms with Gasteiger partial charge < -0.3 is 9.84 Å². The molecule has 1 N–H and O–H groups in total. The number of rotatable bonds is 6. The minimum atomic E-state index is -0.839. The summed E-state index contributed by atoms with van der Waals surface area (Å²) in [5, 5.41) is 11.5. The van der Waals surface area contributed by atoms with Gasteiger partial charge >= 0.3 is 0 Å². The number of nitrogens with zero attached hydrogens (tertiary/aromatic N) is 2. The van der Waals surface area contributed by atoms with Gasteiger partial charge in [-0.05, 0) is 54.7 Å². The van der Waals surface area contributed by atoms with Crippen LogP contribution in [0.5, 0.6) is 5.75 Å². The molecular formula is C26H27FN2O2. The van der Waals surface area contributed by atoms with E-state index >= 15 is 0 Å². The highest BCUT2D eigenvalue weighted by Gasteiger charge is 2.53. The summed E-state index contributed by atoms with van der Waals surface area (Å²) in [5.41, 5.74) is 1.88. The van der Waals surface area contributed by atoms with Gasteiger partial charge in [0.25, 0.3) is 0 Å². The van der Waals surface area contributed by atoms with Gasteiger partial charge in [0.05, 0.1) is 5.69 Å². The molecule has 5 rings (SSSR count). The Hall–Kier alpha value is -2.76. The number of para-hydroxylation sites is 1. The average molecular weight is 419 g/mol. The highest BCUT2D eigenvalue weighted by atomic mass is 19.1. The third-order valence-corrected chi connectivity index (χ3v) is 6.78. The summed E-state index contributed by atoms with van der Waals surface area (Å²) in [4.78, 5) is 6.87. The van der Waals surface area contributed by atoms with Gasteiger partial charge in [0.1, 0.15) is 23.8 Å². The van der Waals surface area contributed by atoms with Crippen LogP contribution in [0.15, 0.2) is 72.9 Å². The molecule has 1 aromatic heterocycles. The molecule has 0 spiro atoms. The lowest BCUT2D eigenvalue weighted by Gasteiger charge is -2.29. The standard InChI is InChI=1S/C26H27FN2O2/c27-22-8-5-6-19(14-22)18-31-24-9-2-1-7-21(24)16-29-15-20-11-12-26(30,23(20)17-29)25-10-3-4-13-28-25/h1-10,13-14,20,23,30H,11-12,15-18H2/t20-,23+,26-/m0/s1. The number of benzene rings is 2. The average Bonchev–Trinajstić information content (AvgIpc) is 3.34. The van der Waals surface area contributed by atoms with E-state index in [-0.39, 0.29) is 11.7 Å². The van der Waals surface area contributed by atoms with Crippen molar-refractivity contribution in [2.24, 2.45) is 11.8 Å². The maximum atomic E-state index is 13.5. The maximum Gasteiger partial charge on any atom is 0.124 e. The molecular weight excluding hydrogens is 391 g/mol. The first-order chi connectivity index (χ1) is 15.1. The van der Waals surface area contributed by atoms with Gasteiger partial charge in [-0.25, -0.2) is 4.39 Å². The van der Waals surface area contributed by atoms with Gasteiger partial charge in [0, 0.05) is 37.3 Å². The van der Waals surface area contributed by atoms with Crippen molar-refractivity contribution in [1.82, 2.24) is 9.88 Å². The first-order valence-electron chi connectivity index (χ1n) is 10.9. The molecule has 0 radical (unpaired) electrons. The highest BCUT2D eigenvalue weighted by molar-refractivity contribution is 5.34. The fourth-order valence-electron chi connectivity index (χ4n) is 5.25. The van der Waals surface area contributed by atoms with Crippen LogP contribution in [0.2, 0.25) is 0 Å². The lowest BCUT2D eigenvalue weighted by Crippen LogP contribution is -2.35. The number of pyridine rings is 1. The molecule has 2 aliphatic rings.